The lowest BCUT2D eigenvalue weighted by Crippen LogP contribution is -2.40. The standard InChI is InChI=1S/C30H37N3O5/c1-4-5-7-22-16-24-17-23(30(37)33(20(2)3)19-27(34)35)13-15-32(24)28(22)29(36)21-9-11-25(12-10-21)38-26-8-6-14-31-18-26/h9-13,15-17,20,26,31H,4-8,14,18-19H2,1-3H3,(H,34,35)/t26-/m1/s1. The summed E-state index contributed by atoms with van der Waals surface area (Å²) in [7, 11) is 0. The van der Waals surface area contributed by atoms with E-state index in [2.05, 4.69) is 12.2 Å². The van der Waals surface area contributed by atoms with E-state index in [0.29, 0.717) is 16.8 Å². The second-order valence-electron chi connectivity index (χ2n) is 10.2. The number of rotatable bonds is 11. The number of carbonyl (C=O) groups excluding carboxylic acids is 2. The van der Waals surface area contributed by atoms with Crippen LogP contribution in [0.1, 0.15) is 78.4 Å². The van der Waals surface area contributed by atoms with Crippen molar-refractivity contribution in [1.29, 1.82) is 0 Å². The van der Waals surface area contributed by atoms with E-state index < -0.39 is 5.97 Å². The Morgan fingerprint density at radius 2 is 1.89 bits per heavy atom. The van der Waals surface area contributed by atoms with Crippen LogP contribution in [-0.2, 0) is 11.2 Å². The van der Waals surface area contributed by atoms with Crippen LogP contribution < -0.4 is 10.1 Å². The highest BCUT2D eigenvalue weighted by Crippen LogP contribution is 2.25. The number of aryl methyl sites for hydroxylation is 1. The molecule has 202 valence electrons. The molecule has 1 atom stereocenters. The normalized spacial score (nSPS) is 15.5. The monoisotopic (exact) mass is 519 g/mol. The summed E-state index contributed by atoms with van der Waals surface area (Å²) in [5.74, 6) is -0.744. The molecule has 8 heteroatoms. The van der Waals surface area contributed by atoms with Gasteiger partial charge in [0.2, 0.25) is 5.78 Å². The first kappa shape index (κ1) is 27.4. The third-order valence-corrected chi connectivity index (χ3v) is 6.97. The molecule has 0 aliphatic carbocycles. The minimum Gasteiger partial charge on any atom is -0.489 e. The number of ketones is 1. The van der Waals surface area contributed by atoms with Crippen LogP contribution in [0.2, 0.25) is 0 Å². The molecule has 1 saturated heterocycles. The highest BCUT2D eigenvalue weighted by molar-refractivity contribution is 6.10. The number of nitrogens with one attached hydrogen (secondary N) is 1. The van der Waals surface area contributed by atoms with Crippen molar-refractivity contribution in [3.8, 4) is 5.75 Å². The molecular weight excluding hydrogens is 482 g/mol. The molecule has 2 N–H and O–H groups in total. The van der Waals surface area contributed by atoms with Gasteiger partial charge in [-0.1, -0.05) is 13.3 Å². The highest BCUT2D eigenvalue weighted by Gasteiger charge is 2.24. The molecule has 4 rings (SSSR count). The van der Waals surface area contributed by atoms with E-state index in [1.54, 1.807) is 44.3 Å². The first-order valence-corrected chi connectivity index (χ1v) is 13.5. The summed E-state index contributed by atoms with van der Waals surface area (Å²) in [4.78, 5) is 39.5. The number of hydrogen-bond acceptors (Lipinski definition) is 5. The zero-order valence-electron chi connectivity index (χ0n) is 22.4. The second kappa shape index (κ2) is 12.3. The molecule has 1 aliphatic rings. The number of pyridine rings is 1. The molecule has 1 fully saturated rings. The number of carboxylic acid groups (broad SMARTS) is 1. The second-order valence-corrected chi connectivity index (χ2v) is 10.2. The van der Waals surface area contributed by atoms with Crippen LogP contribution in [-0.4, -0.2) is 63.8 Å². The lowest BCUT2D eigenvalue weighted by molar-refractivity contribution is -0.138. The van der Waals surface area contributed by atoms with Crippen LogP contribution in [0.5, 0.6) is 5.75 Å². The van der Waals surface area contributed by atoms with E-state index in [0.717, 1.165) is 62.0 Å². The largest absolute Gasteiger partial charge is 0.489 e. The van der Waals surface area contributed by atoms with Crippen molar-refractivity contribution in [2.24, 2.45) is 0 Å². The minimum atomic E-state index is -1.06. The Balaban J connectivity index is 1.63. The van der Waals surface area contributed by atoms with Gasteiger partial charge in [0.15, 0.2) is 0 Å². The maximum absolute atomic E-state index is 13.7. The van der Waals surface area contributed by atoms with E-state index in [9.17, 15) is 19.5 Å². The fourth-order valence-corrected chi connectivity index (χ4v) is 4.92. The van der Waals surface area contributed by atoms with Crippen molar-refractivity contribution in [2.45, 2.75) is 65.0 Å². The summed E-state index contributed by atoms with van der Waals surface area (Å²) in [6.07, 6.45) is 6.65. The van der Waals surface area contributed by atoms with Crippen LogP contribution in [0.15, 0.2) is 48.7 Å². The molecule has 0 radical (unpaired) electrons. The molecule has 0 saturated carbocycles. The number of fused-ring (bicyclic) bond motifs is 1. The van der Waals surface area contributed by atoms with Crippen molar-refractivity contribution in [3.05, 3.63) is 71.0 Å². The summed E-state index contributed by atoms with van der Waals surface area (Å²) in [6.45, 7) is 7.17. The van der Waals surface area contributed by atoms with E-state index in [1.165, 1.54) is 4.90 Å². The third kappa shape index (κ3) is 6.25. The van der Waals surface area contributed by atoms with Gasteiger partial charge in [-0.15, -0.1) is 0 Å². The fourth-order valence-electron chi connectivity index (χ4n) is 4.92. The van der Waals surface area contributed by atoms with Gasteiger partial charge in [-0.2, -0.15) is 0 Å². The zero-order chi connectivity index (χ0) is 27.2. The van der Waals surface area contributed by atoms with E-state index in [1.807, 2.05) is 22.6 Å². The molecule has 8 nitrogen and oxygen atoms in total. The topological polar surface area (TPSA) is 100 Å². The Morgan fingerprint density at radius 3 is 2.53 bits per heavy atom. The predicted octanol–water partition coefficient (Wildman–Crippen LogP) is 4.58. The van der Waals surface area contributed by atoms with E-state index in [4.69, 9.17) is 4.74 Å². The Bertz CT molecular complexity index is 1290. The van der Waals surface area contributed by atoms with Gasteiger partial charge in [-0.25, -0.2) is 0 Å². The molecule has 1 aromatic carbocycles. The van der Waals surface area contributed by atoms with Crippen LogP contribution in [0.3, 0.4) is 0 Å². The molecule has 0 bridgehead atoms. The maximum atomic E-state index is 13.7. The van der Waals surface area contributed by atoms with Crippen molar-refractivity contribution in [1.82, 2.24) is 14.6 Å². The first-order chi connectivity index (χ1) is 18.3. The van der Waals surface area contributed by atoms with E-state index >= 15 is 0 Å². The van der Waals surface area contributed by atoms with Gasteiger partial charge in [-0.05, 0) is 94.1 Å². The quantitative estimate of drug-likeness (QED) is 0.360. The van der Waals surface area contributed by atoms with Gasteiger partial charge in [0.25, 0.3) is 5.91 Å². The minimum absolute atomic E-state index is 0.0873. The molecule has 1 amide bonds. The van der Waals surface area contributed by atoms with Crippen molar-refractivity contribution in [3.63, 3.8) is 0 Å². The summed E-state index contributed by atoms with van der Waals surface area (Å²) >= 11 is 0. The zero-order valence-corrected chi connectivity index (χ0v) is 22.4. The number of aromatic nitrogens is 1. The number of amides is 1. The van der Waals surface area contributed by atoms with Crippen molar-refractivity contribution < 1.29 is 24.2 Å². The van der Waals surface area contributed by atoms with Crippen LogP contribution in [0.25, 0.3) is 5.52 Å². The Labute approximate surface area is 223 Å². The lowest BCUT2D eigenvalue weighted by atomic mass is 10.0. The Morgan fingerprint density at radius 1 is 1.13 bits per heavy atom. The van der Waals surface area contributed by atoms with Gasteiger partial charge in [-0.3, -0.25) is 14.4 Å². The molecule has 0 spiro atoms. The average molecular weight is 520 g/mol. The van der Waals surface area contributed by atoms with Crippen molar-refractivity contribution >= 4 is 23.2 Å². The number of carboxylic acids is 1. The summed E-state index contributed by atoms with van der Waals surface area (Å²) in [5.41, 5.74) is 3.22. The van der Waals surface area contributed by atoms with Gasteiger partial charge >= 0.3 is 5.97 Å². The van der Waals surface area contributed by atoms with Crippen LogP contribution in [0, 0.1) is 0 Å². The summed E-state index contributed by atoms with van der Waals surface area (Å²) in [6, 6.07) is 12.4. The number of benzene rings is 1. The lowest BCUT2D eigenvalue weighted by Gasteiger charge is -2.25. The molecule has 38 heavy (non-hydrogen) atoms. The summed E-state index contributed by atoms with van der Waals surface area (Å²) < 4.78 is 7.90. The SMILES string of the molecule is CCCCc1cc2cc(C(=O)N(CC(=O)O)C(C)C)ccn2c1C(=O)c1ccc(O[C@@H]2CCCNC2)cc1. The molecular formula is C30H37N3O5. The van der Waals surface area contributed by atoms with Gasteiger partial charge < -0.3 is 24.5 Å². The smallest absolute Gasteiger partial charge is 0.323 e. The number of aliphatic carboxylic acids is 1. The maximum Gasteiger partial charge on any atom is 0.323 e. The number of hydrogen-bond donors (Lipinski definition) is 2. The first-order valence-electron chi connectivity index (χ1n) is 13.5. The number of carbonyl (C=O) groups is 3. The highest BCUT2D eigenvalue weighted by atomic mass is 16.5. The van der Waals surface area contributed by atoms with E-state index in [-0.39, 0.29) is 30.4 Å². The molecule has 2 aromatic heterocycles. The number of piperidine rings is 1. The number of unbranched alkanes of at least 4 members (excludes halogenated alkanes) is 1. The molecule has 1 aliphatic heterocycles. The van der Waals surface area contributed by atoms with Gasteiger partial charge in [0, 0.05) is 35.4 Å². The fraction of sp³-hybridized carbons (Fsp3) is 0.433. The van der Waals surface area contributed by atoms with Crippen LogP contribution >= 0.6 is 0 Å². The van der Waals surface area contributed by atoms with Crippen molar-refractivity contribution in [2.75, 3.05) is 19.6 Å². The predicted molar refractivity (Wildman–Crippen MR) is 146 cm³/mol. The number of nitrogens with zero attached hydrogens (tertiary/aromatic N) is 2. The molecule has 3 aromatic rings. The Hall–Kier alpha value is -3.65. The van der Waals surface area contributed by atoms with Gasteiger partial charge in [0.1, 0.15) is 18.4 Å². The van der Waals surface area contributed by atoms with Crippen LogP contribution in [0.4, 0.5) is 0 Å². The average Bonchev–Trinajstić information content (AvgIpc) is 3.28. The van der Waals surface area contributed by atoms with Gasteiger partial charge in [0.05, 0.1) is 5.69 Å². The molecule has 3 heterocycles. The Kier molecular flexibility index (Phi) is 8.84. The molecule has 0 unspecified atom stereocenters. The number of ether oxygens (including phenoxy) is 1. The third-order valence-electron chi connectivity index (χ3n) is 6.97. The summed E-state index contributed by atoms with van der Waals surface area (Å²) in [5, 5.41) is 12.6.